The standard InChI is InChI=1S/C16H20ClN3O/c17-15-5-2-1-4-14(15)12-19-16(21)13-6-10-20(11-7-13)9-3-8-18/h1-2,4-5,13H,3,6-7,9-12H2,(H,19,21). The summed E-state index contributed by atoms with van der Waals surface area (Å²) < 4.78 is 0. The van der Waals surface area contributed by atoms with Crippen LogP contribution in [0.1, 0.15) is 24.8 Å². The molecule has 112 valence electrons. The quantitative estimate of drug-likeness (QED) is 0.909. The van der Waals surface area contributed by atoms with Crippen LogP contribution in [-0.2, 0) is 11.3 Å². The largest absolute Gasteiger partial charge is 0.352 e. The molecule has 5 heteroatoms. The monoisotopic (exact) mass is 305 g/mol. The zero-order chi connectivity index (χ0) is 15.1. The number of piperidine rings is 1. The lowest BCUT2D eigenvalue weighted by atomic mass is 9.95. The Bertz CT molecular complexity index is 518. The third kappa shape index (κ3) is 4.73. The molecule has 0 aliphatic carbocycles. The Hall–Kier alpha value is -1.57. The van der Waals surface area contributed by atoms with Gasteiger partial charge < -0.3 is 10.2 Å². The molecule has 21 heavy (non-hydrogen) atoms. The molecule has 0 atom stereocenters. The number of carbonyl (C=O) groups excluding carboxylic acids is 1. The van der Waals surface area contributed by atoms with Crippen LogP contribution in [0.5, 0.6) is 0 Å². The van der Waals surface area contributed by atoms with Crippen LogP contribution in [0.4, 0.5) is 0 Å². The van der Waals surface area contributed by atoms with Gasteiger partial charge in [0.2, 0.25) is 5.91 Å². The minimum Gasteiger partial charge on any atom is -0.352 e. The van der Waals surface area contributed by atoms with Gasteiger partial charge in [-0.15, -0.1) is 0 Å². The van der Waals surface area contributed by atoms with Crippen LogP contribution in [0.25, 0.3) is 0 Å². The maximum Gasteiger partial charge on any atom is 0.223 e. The van der Waals surface area contributed by atoms with Crippen LogP contribution in [0, 0.1) is 17.2 Å². The number of likely N-dealkylation sites (tertiary alicyclic amines) is 1. The highest BCUT2D eigenvalue weighted by Crippen LogP contribution is 2.18. The van der Waals surface area contributed by atoms with E-state index >= 15 is 0 Å². The van der Waals surface area contributed by atoms with Crippen molar-refractivity contribution in [2.75, 3.05) is 19.6 Å². The summed E-state index contributed by atoms with van der Waals surface area (Å²) in [7, 11) is 0. The summed E-state index contributed by atoms with van der Waals surface area (Å²) in [6.07, 6.45) is 2.28. The molecule has 2 rings (SSSR count). The van der Waals surface area contributed by atoms with Crippen LogP contribution in [-0.4, -0.2) is 30.4 Å². The average Bonchev–Trinajstić information content (AvgIpc) is 2.52. The number of nitriles is 1. The van der Waals surface area contributed by atoms with Crippen molar-refractivity contribution in [2.45, 2.75) is 25.8 Å². The number of amides is 1. The van der Waals surface area contributed by atoms with Gasteiger partial charge in [0.15, 0.2) is 0 Å². The molecule has 0 unspecified atom stereocenters. The number of hydrogen-bond donors (Lipinski definition) is 1. The van der Waals surface area contributed by atoms with E-state index in [0.717, 1.165) is 38.0 Å². The molecule has 1 aromatic carbocycles. The first-order valence-electron chi connectivity index (χ1n) is 7.31. The molecule has 0 spiro atoms. The minimum atomic E-state index is 0.0748. The lowest BCUT2D eigenvalue weighted by Crippen LogP contribution is -2.40. The van der Waals surface area contributed by atoms with E-state index in [1.54, 1.807) is 0 Å². The van der Waals surface area contributed by atoms with E-state index in [4.69, 9.17) is 16.9 Å². The Morgan fingerprint density at radius 3 is 2.76 bits per heavy atom. The van der Waals surface area contributed by atoms with Gasteiger partial charge in [-0.05, 0) is 37.6 Å². The lowest BCUT2D eigenvalue weighted by molar-refractivity contribution is -0.126. The Morgan fingerprint density at radius 1 is 1.38 bits per heavy atom. The van der Waals surface area contributed by atoms with E-state index in [1.165, 1.54) is 0 Å². The topological polar surface area (TPSA) is 56.1 Å². The fourth-order valence-corrected chi connectivity index (χ4v) is 2.80. The number of benzene rings is 1. The van der Waals surface area contributed by atoms with E-state index in [-0.39, 0.29) is 11.8 Å². The zero-order valence-electron chi connectivity index (χ0n) is 12.0. The summed E-state index contributed by atoms with van der Waals surface area (Å²) in [4.78, 5) is 14.4. The number of nitrogens with one attached hydrogen (secondary N) is 1. The van der Waals surface area contributed by atoms with Crippen molar-refractivity contribution in [1.82, 2.24) is 10.2 Å². The summed E-state index contributed by atoms with van der Waals surface area (Å²) in [6, 6.07) is 9.71. The molecule has 1 aliphatic rings. The number of rotatable bonds is 5. The third-order valence-electron chi connectivity index (χ3n) is 3.91. The smallest absolute Gasteiger partial charge is 0.223 e. The Labute approximate surface area is 130 Å². The van der Waals surface area contributed by atoms with E-state index in [9.17, 15) is 4.79 Å². The van der Waals surface area contributed by atoms with Crippen LogP contribution in [0.3, 0.4) is 0 Å². The minimum absolute atomic E-state index is 0.0748. The first kappa shape index (κ1) is 15.8. The second-order valence-electron chi connectivity index (χ2n) is 5.33. The van der Waals surface area contributed by atoms with Crippen LogP contribution >= 0.6 is 11.6 Å². The molecule has 1 N–H and O–H groups in total. The Morgan fingerprint density at radius 2 is 2.10 bits per heavy atom. The fourth-order valence-electron chi connectivity index (χ4n) is 2.60. The van der Waals surface area contributed by atoms with E-state index in [2.05, 4.69) is 16.3 Å². The predicted molar refractivity (Wildman–Crippen MR) is 82.7 cm³/mol. The van der Waals surface area contributed by atoms with Gasteiger partial charge in [-0.25, -0.2) is 0 Å². The third-order valence-corrected chi connectivity index (χ3v) is 4.28. The average molecular weight is 306 g/mol. The molecule has 1 fully saturated rings. The first-order chi connectivity index (χ1) is 10.2. The van der Waals surface area contributed by atoms with Gasteiger partial charge in [0, 0.05) is 30.5 Å². The molecule has 4 nitrogen and oxygen atoms in total. The Kier molecular flexibility index (Phi) is 6.04. The van der Waals surface area contributed by atoms with Crippen molar-refractivity contribution in [1.29, 1.82) is 5.26 Å². The molecular formula is C16H20ClN3O. The fraction of sp³-hybridized carbons (Fsp3) is 0.500. The molecule has 1 aromatic rings. The Balaban J connectivity index is 1.75. The van der Waals surface area contributed by atoms with Crippen molar-refractivity contribution < 1.29 is 4.79 Å². The highest BCUT2D eigenvalue weighted by molar-refractivity contribution is 6.31. The number of carbonyl (C=O) groups is 1. The molecule has 1 aliphatic heterocycles. The van der Waals surface area contributed by atoms with Gasteiger partial charge in [0.05, 0.1) is 6.07 Å². The maximum absolute atomic E-state index is 12.2. The molecule has 1 saturated heterocycles. The molecular weight excluding hydrogens is 286 g/mol. The van der Waals surface area contributed by atoms with E-state index < -0.39 is 0 Å². The molecule has 0 bridgehead atoms. The molecule has 0 saturated carbocycles. The molecule has 1 heterocycles. The molecule has 0 aromatic heterocycles. The first-order valence-corrected chi connectivity index (χ1v) is 7.69. The van der Waals surface area contributed by atoms with Crippen LogP contribution < -0.4 is 5.32 Å². The van der Waals surface area contributed by atoms with E-state index in [0.29, 0.717) is 18.0 Å². The maximum atomic E-state index is 12.2. The van der Waals surface area contributed by atoms with E-state index in [1.807, 2.05) is 24.3 Å². The number of nitrogens with zero attached hydrogens (tertiary/aromatic N) is 2. The normalized spacial score (nSPS) is 16.4. The van der Waals surface area contributed by atoms with Crippen LogP contribution in [0.15, 0.2) is 24.3 Å². The number of halogens is 1. The zero-order valence-corrected chi connectivity index (χ0v) is 12.8. The second-order valence-corrected chi connectivity index (χ2v) is 5.74. The summed E-state index contributed by atoms with van der Waals surface area (Å²) in [5.41, 5.74) is 0.943. The van der Waals surface area contributed by atoms with Crippen molar-refractivity contribution in [2.24, 2.45) is 5.92 Å². The van der Waals surface area contributed by atoms with Gasteiger partial charge in [-0.1, -0.05) is 29.8 Å². The van der Waals surface area contributed by atoms with Crippen molar-refractivity contribution in [3.63, 3.8) is 0 Å². The van der Waals surface area contributed by atoms with Crippen molar-refractivity contribution >= 4 is 17.5 Å². The van der Waals surface area contributed by atoms with Crippen molar-refractivity contribution in [3.05, 3.63) is 34.9 Å². The van der Waals surface area contributed by atoms with Crippen molar-refractivity contribution in [3.8, 4) is 6.07 Å². The predicted octanol–water partition coefficient (Wildman–Crippen LogP) is 2.58. The second kappa shape index (κ2) is 8.02. The highest BCUT2D eigenvalue weighted by atomic mass is 35.5. The van der Waals surface area contributed by atoms with Gasteiger partial charge in [0.25, 0.3) is 0 Å². The molecule has 0 radical (unpaired) electrons. The number of hydrogen-bond acceptors (Lipinski definition) is 3. The summed E-state index contributed by atoms with van der Waals surface area (Å²) in [5.74, 6) is 0.181. The SMILES string of the molecule is N#CCCN1CCC(C(=O)NCc2ccccc2Cl)CC1. The lowest BCUT2D eigenvalue weighted by Gasteiger charge is -2.30. The van der Waals surface area contributed by atoms with Gasteiger partial charge in [-0.2, -0.15) is 5.26 Å². The van der Waals surface area contributed by atoms with Gasteiger partial charge >= 0.3 is 0 Å². The van der Waals surface area contributed by atoms with Gasteiger partial charge in [-0.3, -0.25) is 4.79 Å². The summed E-state index contributed by atoms with van der Waals surface area (Å²) in [5, 5.41) is 12.2. The molecule has 1 amide bonds. The van der Waals surface area contributed by atoms with Crippen LogP contribution in [0.2, 0.25) is 5.02 Å². The summed E-state index contributed by atoms with van der Waals surface area (Å²) >= 11 is 6.08. The van der Waals surface area contributed by atoms with Gasteiger partial charge in [0.1, 0.15) is 0 Å². The highest BCUT2D eigenvalue weighted by Gasteiger charge is 2.24. The summed E-state index contributed by atoms with van der Waals surface area (Å²) in [6.45, 7) is 3.08.